The molecule has 0 aliphatic carbocycles. The summed E-state index contributed by atoms with van der Waals surface area (Å²) < 4.78 is 1.13. The van der Waals surface area contributed by atoms with Gasteiger partial charge in [0.05, 0.1) is 0 Å². The molecule has 2 aromatic carbocycles. The summed E-state index contributed by atoms with van der Waals surface area (Å²) >= 11 is 3.54. The van der Waals surface area contributed by atoms with Crippen LogP contribution >= 0.6 is 15.9 Å². The average Bonchev–Trinajstić information content (AvgIpc) is 2.45. The highest BCUT2D eigenvalue weighted by atomic mass is 79.9. The molecule has 0 aliphatic heterocycles. The largest absolute Gasteiger partial charge is 0.370 e. The molecule has 0 aliphatic rings. The summed E-state index contributed by atoms with van der Waals surface area (Å²) in [6.07, 6.45) is 0. The molecule has 0 spiro atoms. The molecule has 3 heteroatoms. The first kappa shape index (κ1) is 16.1. The van der Waals surface area contributed by atoms with Gasteiger partial charge in [0.15, 0.2) is 0 Å². The topological polar surface area (TPSA) is 15.3 Å². The highest BCUT2D eigenvalue weighted by Gasteiger charge is 2.08. The number of para-hydroxylation sites is 1. The van der Waals surface area contributed by atoms with E-state index in [4.69, 9.17) is 0 Å². The predicted molar refractivity (Wildman–Crippen MR) is 94.7 cm³/mol. The molecule has 0 amide bonds. The van der Waals surface area contributed by atoms with Crippen molar-refractivity contribution < 1.29 is 0 Å². The molecule has 0 fully saturated rings. The van der Waals surface area contributed by atoms with Gasteiger partial charge < -0.3 is 10.2 Å². The average molecular weight is 347 g/mol. The summed E-state index contributed by atoms with van der Waals surface area (Å²) in [6.45, 7) is 6.15. The van der Waals surface area contributed by atoms with Gasteiger partial charge in [-0.3, -0.25) is 0 Å². The second kappa shape index (κ2) is 7.62. The molecular formula is C18H23BrN2. The van der Waals surface area contributed by atoms with Crippen molar-refractivity contribution in [2.75, 3.05) is 11.9 Å². The molecule has 0 heterocycles. The molecule has 0 unspecified atom stereocenters. The van der Waals surface area contributed by atoms with Gasteiger partial charge in [-0.05, 0) is 29.3 Å². The van der Waals surface area contributed by atoms with E-state index in [-0.39, 0.29) is 0 Å². The first-order valence-corrected chi connectivity index (χ1v) is 8.12. The fourth-order valence-corrected chi connectivity index (χ4v) is 2.79. The molecule has 0 radical (unpaired) electrons. The Morgan fingerprint density at radius 2 is 1.86 bits per heavy atom. The molecule has 0 aromatic heterocycles. The third-order valence-corrected chi connectivity index (χ3v) is 3.91. The van der Waals surface area contributed by atoms with Crippen LogP contribution in [-0.4, -0.2) is 13.1 Å². The maximum Gasteiger partial charge on any atom is 0.0426 e. The summed E-state index contributed by atoms with van der Waals surface area (Å²) in [5.41, 5.74) is 3.92. The molecule has 0 atom stereocenters. The first-order valence-electron chi connectivity index (χ1n) is 7.33. The molecule has 112 valence electrons. The minimum Gasteiger partial charge on any atom is -0.370 e. The van der Waals surface area contributed by atoms with Crippen LogP contribution in [0.15, 0.2) is 53.0 Å². The monoisotopic (exact) mass is 346 g/mol. The number of hydrogen-bond donors (Lipinski definition) is 1. The number of hydrogen-bond acceptors (Lipinski definition) is 2. The zero-order valence-corrected chi connectivity index (χ0v) is 14.5. The zero-order chi connectivity index (χ0) is 15.2. The normalized spacial score (nSPS) is 10.9. The van der Waals surface area contributed by atoms with Crippen LogP contribution < -0.4 is 10.2 Å². The fourth-order valence-electron chi connectivity index (χ4n) is 2.34. The Balaban J connectivity index is 2.13. The Kier molecular flexibility index (Phi) is 5.83. The second-order valence-electron chi connectivity index (χ2n) is 5.65. The third kappa shape index (κ3) is 4.87. The van der Waals surface area contributed by atoms with Crippen molar-refractivity contribution in [3.05, 3.63) is 64.1 Å². The molecule has 0 bridgehead atoms. The Hall–Kier alpha value is -1.32. The van der Waals surface area contributed by atoms with E-state index in [9.17, 15) is 0 Å². The lowest BCUT2D eigenvalue weighted by molar-refractivity contribution is 0.588. The Bertz CT molecular complexity index is 581. The van der Waals surface area contributed by atoms with Crippen molar-refractivity contribution in [2.24, 2.45) is 0 Å². The standard InChI is InChI=1S/C18H23BrN2/c1-14(2)20-12-16-8-4-5-10-18(16)21(3)13-15-7-6-9-17(19)11-15/h4-11,14,20H,12-13H2,1-3H3. The van der Waals surface area contributed by atoms with Gasteiger partial charge in [-0.25, -0.2) is 0 Å². The van der Waals surface area contributed by atoms with Crippen LogP contribution in [0.25, 0.3) is 0 Å². The van der Waals surface area contributed by atoms with E-state index < -0.39 is 0 Å². The Morgan fingerprint density at radius 1 is 1.10 bits per heavy atom. The van der Waals surface area contributed by atoms with Crippen LogP contribution in [0, 0.1) is 0 Å². The summed E-state index contributed by atoms with van der Waals surface area (Å²) in [5, 5.41) is 3.50. The van der Waals surface area contributed by atoms with Crippen molar-refractivity contribution in [3.8, 4) is 0 Å². The SMILES string of the molecule is CC(C)NCc1ccccc1N(C)Cc1cccc(Br)c1. The highest BCUT2D eigenvalue weighted by Crippen LogP contribution is 2.22. The van der Waals surface area contributed by atoms with Crippen molar-refractivity contribution in [3.63, 3.8) is 0 Å². The Morgan fingerprint density at radius 3 is 2.57 bits per heavy atom. The molecule has 21 heavy (non-hydrogen) atoms. The smallest absolute Gasteiger partial charge is 0.0426 e. The number of anilines is 1. The quantitative estimate of drug-likeness (QED) is 0.823. The van der Waals surface area contributed by atoms with Crippen LogP contribution in [0.4, 0.5) is 5.69 Å². The van der Waals surface area contributed by atoms with E-state index in [1.165, 1.54) is 16.8 Å². The number of halogens is 1. The van der Waals surface area contributed by atoms with Crippen LogP contribution in [0.1, 0.15) is 25.0 Å². The van der Waals surface area contributed by atoms with Gasteiger partial charge in [0.2, 0.25) is 0 Å². The molecule has 2 aromatic rings. The lowest BCUT2D eigenvalue weighted by Crippen LogP contribution is -2.24. The van der Waals surface area contributed by atoms with Crippen molar-refractivity contribution in [2.45, 2.75) is 33.0 Å². The zero-order valence-electron chi connectivity index (χ0n) is 12.9. The number of nitrogens with zero attached hydrogens (tertiary/aromatic N) is 1. The van der Waals surface area contributed by atoms with E-state index >= 15 is 0 Å². The van der Waals surface area contributed by atoms with Gasteiger partial charge in [0.25, 0.3) is 0 Å². The van der Waals surface area contributed by atoms with E-state index in [0.29, 0.717) is 6.04 Å². The lowest BCUT2D eigenvalue weighted by atomic mass is 10.1. The molecule has 1 N–H and O–H groups in total. The number of benzene rings is 2. The lowest BCUT2D eigenvalue weighted by Gasteiger charge is -2.23. The second-order valence-corrected chi connectivity index (χ2v) is 6.57. The molecule has 2 nitrogen and oxygen atoms in total. The maximum absolute atomic E-state index is 3.54. The highest BCUT2D eigenvalue weighted by molar-refractivity contribution is 9.10. The number of nitrogens with one attached hydrogen (secondary N) is 1. The van der Waals surface area contributed by atoms with Crippen LogP contribution in [0.2, 0.25) is 0 Å². The minimum absolute atomic E-state index is 0.494. The summed E-state index contributed by atoms with van der Waals surface area (Å²) in [5.74, 6) is 0. The van der Waals surface area contributed by atoms with Crippen LogP contribution in [0.3, 0.4) is 0 Å². The summed E-state index contributed by atoms with van der Waals surface area (Å²) in [6, 6.07) is 17.6. The predicted octanol–water partition coefficient (Wildman–Crippen LogP) is 4.58. The van der Waals surface area contributed by atoms with E-state index in [1.807, 2.05) is 0 Å². The summed E-state index contributed by atoms with van der Waals surface area (Å²) in [7, 11) is 2.15. The van der Waals surface area contributed by atoms with Gasteiger partial charge in [-0.15, -0.1) is 0 Å². The Labute approximate surface area is 136 Å². The van der Waals surface area contributed by atoms with E-state index in [2.05, 4.69) is 95.6 Å². The van der Waals surface area contributed by atoms with Gasteiger partial charge in [0.1, 0.15) is 0 Å². The maximum atomic E-state index is 3.54. The van der Waals surface area contributed by atoms with E-state index in [0.717, 1.165) is 17.6 Å². The van der Waals surface area contributed by atoms with Gasteiger partial charge >= 0.3 is 0 Å². The molecule has 0 saturated heterocycles. The van der Waals surface area contributed by atoms with Crippen molar-refractivity contribution in [1.82, 2.24) is 5.32 Å². The fraction of sp³-hybridized carbons (Fsp3) is 0.333. The molecule has 0 saturated carbocycles. The van der Waals surface area contributed by atoms with Crippen molar-refractivity contribution in [1.29, 1.82) is 0 Å². The van der Waals surface area contributed by atoms with Crippen LogP contribution in [0.5, 0.6) is 0 Å². The van der Waals surface area contributed by atoms with Crippen molar-refractivity contribution >= 4 is 21.6 Å². The first-order chi connectivity index (χ1) is 10.1. The van der Waals surface area contributed by atoms with Gasteiger partial charge in [-0.2, -0.15) is 0 Å². The third-order valence-electron chi connectivity index (χ3n) is 3.41. The van der Waals surface area contributed by atoms with Crippen LogP contribution in [-0.2, 0) is 13.1 Å². The number of rotatable bonds is 6. The molecule has 2 rings (SSSR count). The van der Waals surface area contributed by atoms with E-state index in [1.54, 1.807) is 0 Å². The van der Waals surface area contributed by atoms with Gasteiger partial charge in [-0.1, -0.05) is 60.1 Å². The molecular weight excluding hydrogens is 324 g/mol. The minimum atomic E-state index is 0.494. The van der Waals surface area contributed by atoms with Gasteiger partial charge in [0, 0.05) is 36.3 Å². The summed E-state index contributed by atoms with van der Waals surface area (Å²) in [4.78, 5) is 2.30.